The van der Waals surface area contributed by atoms with Crippen molar-refractivity contribution >= 4 is 34.1 Å². The van der Waals surface area contributed by atoms with Gasteiger partial charge in [0.2, 0.25) is 11.7 Å². The van der Waals surface area contributed by atoms with Gasteiger partial charge in [-0.15, -0.1) is 0 Å². The van der Waals surface area contributed by atoms with Gasteiger partial charge in [0.25, 0.3) is 0 Å². The average molecular weight is 375 g/mol. The summed E-state index contributed by atoms with van der Waals surface area (Å²) in [6.07, 6.45) is -1.01. The van der Waals surface area contributed by atoms with Crippen LogP contribution in [0.5, 0.6) is 0 Å². The van der Waals surface area contributed by atoms with Crippen LogP contribution in [-0.2, 0) is 14.3 Å². The molecule has 0 saturated carbocycles. The van der Waals surface area contributed by atoms with Gasteiger partial charge in [0.1, 0.15) is 0 Å². The number of hydrogen-bond acceptors (Lipinski definition) is 4. The predicted octanol–water partition coefficient (Wildman–Crippen LogP) is 4.37. The number of nitrogens with one attached hydrogen (secondary N) is 1. The van der Waals surface area contributed by atoms with E-state index in [1.54, 1.807) is 24.3 Å². The van der Waals surface area contributed by atoms with Gasteiger partial charge in [-0.05, 0) is 18.4 Å². The normalized spacial score (nSPS) is 11.6. The van der Waals surface area contributed by atoms with Crippen molar-refractivity contribution in [3.8, 4) is 0 Å². The van der Waals surface area contributed by atoms with E-state index in [9.17, 15) is 14.4 Å². The molecule has 0 aliphatic carbocycles. The Hall–Kier alpha value is -3.47. The molecule has 142 valence electrons. The summed E-state index contributed by atoms with van der Waals surface area (Å²) in [6, 6.07) is 22.0. The first-order chi connectivity index (χ1) is 13.5. The second kappa shape index (κ2) is 8.95. The Morgan fingerprint density at radius 1 is 0.857 bits per heavy atom. The minimum Gasteiger partial charge on any atom is -0.454 e. The van der Waals surface area contributed by atoms with Crippen LogP contribution in [0.3, 0.4) is 0 Å². The topological polar surface area (TPSA) is 72.5 Å². The van der Waals surface area contributed by atoms with E-state index in [4.69, 9.17) is 4.74 Å². The van der Waals surface area contributed by atoms with Crippen LogP contribution in [-0.4, -0.2) is 23.8 Å². The molecule has 0 fully saturated rings. The number of anilines is 1. The summed E-state index contributed by atoms with van der Waals surface area (Å²) in [5, 5.41) is 4.78. The van der Waals surface area contributed by atoms with Gasteiger partial charge in [-0.3, -0.25) is 14.4 Å². The van der Waals surface area contributed by atoms with Crippen LogP contribution < -0.4 is 5.32 Å². The van der Waals surface area contributed by atoms with Crippen molar-refractivity contribution in [2.45, 2.75) is 25.9 Å². The van der Waals surface area contributed by atoms with Crippen LogP contribution in [0.1, 0.15) is 30.1 Å². The third-order valence-electron chi connectivity index (χ3n) is 4.36. The number of ketones is 1. The lowest BCUT2D eigenvalue weighted by molar-refractivity contribution is -0.147. The van der Waals surface area contributed by atoms with Crippen LogP contribution in [0.2, 0.25) is 0 Å². The molecule has 0 aliphatic rings. The molecule has 0 radical (unpaired) electrons. The van der Waals surface area contributed by atoms with Gasteiger partial charge in [0, 0.05) is 23.1 Å². The fraction of sp³-hybridized carbons (Fsp3) is 0.174. The van der Waals surface area contributed by atoms with E-state index in [2.05, 4.69) is 5.32 Å². The number of ether oxygens (including phenoxy) is 1. The van der Waals surface area contributed by atoms with Crippen molar-refractivity contribution < 1.29 is 19.1 Å². The highest BCUT2D eigenvalue weighted by Crippen LogP contribution is 2.23. The fourth-order valence-electron chi connectivity index (χ4n) is 2.91. The predicted molar refractivity (Wildman–Crippen MR) is 108 cm³/mol. The van der Waals surface area contributed by atoms with Gasteiger partial charge in [-0.2, -0.15) is 0 Å². The lowest BCUT2D eigenvalue weighted by Gasteiger charge is -2.12. The van der Waals surface area contributed by atoms with Gasteiger partial charge in [-0.25, -0.2) is 0 Å². The Bertz CT molecular complexity index is 992. The minimum absolute atomic E-state index is 0.0195. The zero-order chi connectivity index (χ0) is 19.9. The molecule has 0 heterocycles. The van der Waals surface area contributed by atoms with E-state index in [0.29, 0.717) is 11.3 Å². The quantitative estimate of drug-likeness (QED) is 0.491. The van der Waals surface area contributed by atoms with Crippen molar-refractivity contribution in [2.24, 2.45) is 0 Å². The number of rotatable bonds is 7. The molecule has 5 nitrogen and oxygen atoms in total. The summed E-state index contributed by atoms with van der Waals surface area (Å²) in [5.41, 5.74) is 1.18. The Morgan fingerprint density at radius 3 is 2.32 bits per heavy atom. The van der Waals surface area contributed by atoms with Crippen molar-refractivity contribution in [2.75, 3.05) is 5.32 Å². The maximum atomic E-state index is 12.2. The molecule has 3 aromatic carbocycles. The summed E-state index contributed by atoms with van der Waals surface area (Å²) >= 11 is 0. The van der Waals surface area contributed by atoms with E-state index in [0.717, 1.165) is 10.8 Å². The summed E-state index contributed by atoms with van der Waals surface area (Å²) in [6.45, 7) is 1.53. The highest BCUT2D eigenvalue weighted by atomic mass is 16.5. The van der Waals surface area contributed by atoms with Crippen molar-refractivity contribution in [3.63, 3.8) is 0 Å². The smallest absolute Gasteiger partial charge is 0.307 e. The molecule has 3 aromatic rings. The fourth-order valence-corrected chi connectivity index (χ4v) is 2.91. The van der Waals surface area contributed by atoms with Gasteiger partial charge >= 0.3 is 5.97 Å². The number of esters is 1. The molecule has 28 heavy (non-hydrogen) atoms. The molecule has 0 spiro atoms. The molecule has 1 N–H and O–H groups in total. The third-order valence-corrected chi connectivity index (χ3v) is 4.36. The Labute approximate surface area is 163 Å². The van der Waals surface area contributed by atoms with Gasteiger partial charge in [0.15, 0.2) is 6.10 Å². The number of amides is 1. The van der Waals surface area contributed by atoms with Crippen LogP contribution in [0.25, 0.3) is 10.8 Å². The van der Waals surface area contributed by atoms with Gasteiger partial charge < -0.3 is 10.1 Å². The second-order valence-corrected chi connectivity index (χ2v) is 6.44. The zero-order valence-electron chi connectivity index (χ0n) is 15.6. The molecular formula is C23H21NO4. The molecular weight excluding hydrogens is 354 g/mol. The third kappa shape index (κ3) is 4.82. The first-order valence-corrected chi connectivity index (χ1v) is 9.11. The lowest BCUT2D eigenvalue weighted by atomic mass is 10.1. The molecule has 1 unspecified atom stereocenters. The van der Waals surface area contributed by atoms with E-state index in [-0.39, 0.29) is 24.5 Å². The molecule has 0 saturated heterocycles. The number of carbonyl (C=O) groups is 3. The largest absolute Gasteiger partial charge is 0.454 e. The number of fused-ring (bicyclic) bond motifs is 1. The standard InChI is InChI=1S/C23H21NO4/c1-16(23(27)18-9-3-2-4-10-18)28-22(26)15-14-21(25)24-20-13-7-11-17-8-5-6-12-19(17)20/h2-13,16H,14-15H2,1H3,(H,24,25). The number of benzene rings is 3. The highest BCUT2D eigenvalue weighted by molar-refractivity contribution is 6.03. The van der Waals surface area contributed by atoms with Crippen LogP contribution in [0.4, 0.5) is 5.69 Å². The van der Waals surface area contributed by atoms with Crippen LogP contribution in [0, 0.1) is 0 Å². The van der Waals surface area contributed by atoms with Crippen molar-refractivity contribution in [1.82, 2.24) is 0 Å². The summed E-state index contributed by atoms with van der Waals surface area (Å²) in [7, 11) is 0. The molecule has 1 amide bonds. The minimum atomic E-state index is -0.893. The number of hydrogen-bond donors (Lipinski definition) is 1. The van der Waals surface area contributed by atoms with Crippen LogP contribution in [0.15, 0.2) is 72.8 Å². The Morgan fingerprint density at radius 2 is 1.54 bits per heavy atom. The van der Waals surface area contributed by atoms with Gasteiger partial charge in [0.05, 0.1) is 6.42 Å². The summed E-state index contributed by atoms with van der Waals surface area (Å²) in [5.74, 6) is -1.13. The monoisotopic (exact) mass is 375 g/mol. The Balaban J connectivity index is 1.51. The maximum Gasteiger partial charge on any atom is 0.307 e. The van der Waals surface area contributed by atoms with Crippen molar-refractivity contribution in [1.29, 1.82) is 0 Å². The SMILES string of the molecule is CC(OC(=O)CCC(=O)Nc1cccc2ccccc12)C(=O)c1ccccc1. The number of Topliss-reactive ketones (excluding diaryl/α,β-unsaturated/α-hetero) is 1. The zero-order valence-corrected chi connectivity index (χ0v) is 15.6. The molecule has 0 bridgehead atoms. The highest BCUT2D eigenvalue weighted by Gasteiger charge is 2.19. The molecule has 0 aliphatic heterocycles. The second-order valence-electron chi connectivity index (χ2n) is 6.44. The Kier molecular flexibility index (Phi) is 6.17. The van der Waals surface area contributed by atoms with Gasteiger partial charge in [-0.1, -0.05) is 66.7 Å². The van der Waals surface area contributed by atoms with Crippen molar-refractivity contribution in [3.05, 3.63) is 78.4 Å². The average Bonchev–Trinajstić information content (AvgIpc) is 2.72. The molecule has 0 aromatic heterocycles. The van der Waals surface area contributed by atoms with Crippen LogP contribution >= 0.6 is 0 Å². The summed E-state index contributed by atoms with van der Waals surface area (Å²) < 4.78 is 5.17. The molecule has 5 heteroatoms. The molecule has 3 rings (SSSR count). The van der Waals surface area contributed by atoms with E-state index in [1.807, 2.05) is 48.5 Å². The first-order valence-electron chi connectivity index (χ1n) is 9.11. The van der Waals surface area contributed by atoms with E-state index >= 15 is 0 Å². The first kappa shape index (κ1) is 19.3. The summed E-state index contributed by atoms with van der Waals surface area (Å²) in [4.78, 5) is 36.4. The van der Waals surface area contributed by atoms with E-state index < -0.39 is 12.1 Å². The maximum absolute atomic E-state index is 12.2. The molecule has 1 atom stereocenters. The van der Waals surface area contributed by atoms with E-state index in [1.165, 1.54) is 6.92 Å². The lowest BCUT2D eigenvalue weighted by Crippen LogP contribution is -2.25. The number of carbonyl (C=O) groups excluding carboxylic acids is 3.